The second kappa shape index (κ2) is 3.90. The second-order valence-corrected chi connectivity index (χ2v) is 4.50. The van der Waals surface area contributed by atoms with Crippen LogP contribution in [0.3, 0.4) is 0 Å². The molecule has 1 fully saturated rings. The van der Waals surface area contributed by atoms with Crippen molar-refractivity contribution in [2.24, 2.45) is 11.8 Å². The number of nitrogens with one attached hydrogen (secondary N) is 1. The summed E-state index contributed by atoms with van der Waals surface area (Å²) in [4.78, 5) is 23.0. The van der Waals surface area contributed by atoms with E-state index in [0.717, 1.165) is 0 Å². The van der Waals surface area contributed by atoms with Gasteiger partial charge in [0.15, 0.2) is 0 Å². The lowest BCUT2D eigenvalue weighted by molar-refractivity contribution is -0.146. The van der Waals surface area contributed by atoms with Crippen LogP contribution >= 0.6 is 0 Å². The fourth-order valence-corrected chi connectivity index (χ4v) is 2.30. The van der Waals surface area contributed by atoms with E-state index in [9.17, 15) is 9.59 Å². The standard InChI is InChI=1S/C11H15NO4/c1-5(2)12-10(13)8-6-3-4-7(16-6)9(8)11(14)15/h3-9H,1-2H3,(H,12,13)(H,14,15)/t6-,7-,8-,9-/m1/s1. The lowest BCUT2D eigenvalue weighted by Gasteiger charge is -2.22. The highest BCUT2D eigenvalue weighted by Crippen LogP contribution is 2.39. The quantitative estimate of drug-likeness (QED) is 0.671. The number of hydrogen-bond acceptors (Lipinski definition) is 3. The molecule has 2 heterocycles. The number of amides is 1. The van der Waals surface area contributed by atoms with Crippen LogP contribution in [0.1, 0.15) is 13.8 Å². The zero-order valence-corrected chi connectivity index (χ0v) is 9.21. The number of fused-ring (bicyclic) bond motifs is 2. The smallest absolute Gasteiger partial charge is 0.310 e. The first-order valence-electron chi connectivity index (χ1n) is 5.37. The van der Waals surface area contributed by atoms with Crippen molar-refractivity contribution in [1.82, 2.24) is 5.32 Å². The highest BCUT2D eigenvalue weighted by Gasteiger charge is 2.53. The Morgan fingerprint density at radius 1 is 1.25 bits per heavy atom. The molecule has 1 amide bonds. The van der Waals surface area contributed by atoms with E-state index in [1.165, 1.54) is 0 Å². The third-order valence-electron chi connectivity index (χ3n) is 2.92. The van der Waals surface area contributed by atoms with Crippen LogP contribution in [-0.4, -0.2) is 35.2 Å². The number of ether oxygens (including phenoxy) is 1. The molecule has 2 N–H and O–H groups in total. The van der Waals surface area contributed by atoms with E-state index in [0.29, 0.717) is 0 Å². The molecule has 2 aliphatic heterocycles. The summed E-state index contributed by atoms with van der Waals surface area (Å²) in [7, 11) is 0. The molecule has 4 atom stereocenters. The molecule has 0 aromatic carbocycles. The van der Waals surface area contributed by atoms with Crippen molar-refractivity contribution in [1.29, 1.82) is 0 Å². The average Bonchev–Trinajstić information content (AvgIpc) is 2.74. The molecule has 1 saturated heterocycles. The van der Waals surface area contributed by atoms with Gasteiger partial charge in [-0.3, -0.25) is 9.59 Å². The van der Waals surface area contributed by atoms with Crippen LogP contribution in [0.2, 0.25) is 0 Å². The predicted octanol–water partition coefficient (Wildman–Crippen LogP) is 0.165. The molecule has 2 rings (SSSR count). The summed E-state index contributed by atoms with van der Waals surface area (Å²) < 4.78 is 5.41. The molecule has 0 radical (unpaired) electrons. The van der Waals surface area contributed by atoms with E-state index >= 15 is 0 Å². The molecule has 5 heteroatoms. The molecule has 0 aromatic heterocycles. The van der Waals surface area contributed by atoms with E-state index in [4.69, 9.17) is 9.84 Å². The Kier molecular flexibility index (Phi) is 2.71. The van der Waals surface area contributed by atoms with Gasteiger partial charge in [-0.2, -0.15) is 0 Å². The van der Waals surface area contributed by atoms with Gasteiger partial charge < -0.3 is 15.2 Å². The number of carbonyl (C=O) groups excluding carboxylic acids is 1. The Labute approximate surface area is 93.5 Å². The van der Waals surface area contributed by atoms with Crippen LogP contribution < -0.4 is 5.32 Å². The summed E-state index contributed by atoms with van der Waals surface area (Å²) in [6, 6.07) is 0.00468. The van der Waals surface area contributed by atoms with E-state index in [1.807, 2.05) is 13.8 Å². The van der Waals surface area contributed by atoms with Crippen LogP contribution in [0, 0.1) is 11.8 Å². The lowest BCUT2D eigenvalue weighted by Crippen LogP contribution is -2.44. The molecule has 0 aromatic rings. The van der Waals surface area contributed by atoms with Gasteiger partial charge in [0, 0.05) is 6.04 Å². The summed E-state index contributed by atoms with van der Waals surface area (Å²) in [5, 5.41) is 11.8. The third kappa shape index (κ3) is 1.71. The maximum Gasteiger partial charge on any atom is 0.310 e. The molecule has 0 saturated carbocycles. The number of aliphatic carboxylic acids is 1. The van der Waals surface area contributed by atoms with E-state index < -0.39 is 23.9 Å². The topological polar surface area (TPSA) is 75.6 Å². The molecule has 0 unspecified atom stereocenters. The monoisotopic (exact) mass is 225 g/mol. The van der Waals surface area contributed by atoms with E-state index in [1.54, 1.807) is 12.2 Å². The molecular weight excluding hydrogens is 210 g/mol. The van der Waals surface area contributed by atoms with Crippen molar-refractivity contribution < 1.29 is 19.4 Å². The van der Waals surface area contributed by atoms with Crippen LogP contribution in [0.4, 0.5) is 0 Å². The van der Waals surface area contributed by atoms with Crippen LogP contribution in [0.15, 0.2) is 12.2 Å². The summed E-state index contributed by atoms with van der Waals surface area (Å²) in [6.45, 7) is 3.69. The summed E-state index contributed by atoms with van der Waals surface area (Å²) >= 11 is 0. The summed E-state index contributed by atoms with van der Waals surface area (Å²) in [5.74, 6) is -2.57. The van der Waals surface area contributed by atoms with Crippen LogP contribution in [0.25, 0.3) is 0 Å². The predicted molar refractivity (Wildman–Crippen MR) is 55.7 cm³/mol. The number of rotatable bonds is 3. The van der Waals surface area contributed by atoms with Crippen molar-refractivity contribution in [3.05, 3.63) is 12.2 Å². The molecular formula is C11H15NO4. The largest absolute Gasteiger partial charge is 0.481 e. The molecule has 16 heavy (non-hydrogen) atoms. The maximum atomic E-state index is 11.9. The molecule has 88 valence electrons. The van der Waals surface area contributed by atoms with E-state index in [-0.39, 0.29) is 18.1 Å². The van der Waals surface area contributed by atoms with Crippen molar-refractivity contribution in [3.8, 4) is 0 Å². The van der Waals surface area contributed by atoms with Gasteiger partial charge >= 0.3 is 5.97 Å². The minimum absolute atomic E-state index is 0.00468. The fourth-order valence-electron chi connectivity index (χ4n) is 2.30. The van der Waals surface area contributed by atoms with Gasteiger partial charge in [-0.05, 0) is 13.8 Å². The fraction of sp³-hybridized carbons (Fsp3) is 0.636. The first-order chi connectivity index (χ1) is 7.50. The molecule has 2 bridgehead atoms. The van der Waals surface area contributed by atoms with Gasteiger partial charge in [0.1, 0.15) is 5.92 Å². The Bertz CT molecular complexity index is 350. The highest BCUT2D eigenvalue weighted by molar-refractivity contribution is 5.87. The normalized spacial score (nSPS) is 35.7. The van der Waals surface area contributed by atoms with Gasteiger partial charge in [0.2, 0.25) is 5.91 Å². The molecule has 0 aliphatic carbocycles. The maximum absolute atomic E-state index is 11.9. The van der Waals surface area contributed by atoms with Crippen molar-refractivity contribution in [3.63, 3.8) is 0 Å². The third-order valence-corrected chi connectivity index (χ3v) is 2.92. The Morgan fingerprint density at radius 2 is 1.81 bits per heavy atom. The van der Waals surface area contributed by atoms with Gasteiger partial charge in [-0.1, -0.05) is 12.2 Å². The second-order valence-electron chi connectivity index (χ2n) is 4.50. The SMILES string of the molecule is CC(C)NC(=O)[C@H]1[C@H](C(=O)O)[C@H]2C=C[C@H]1O2. The summed E-state index contributed by atoms with van der Waals surface area (Å²) in [6.07, 6.45) is 2.66. The first-order valence-corrected chi connectivity index (χ1v) is 5.37. The molecule has 5 nitrogen and oxygen atoms in total. The number of hydrogen-bond donors (Lipinski definition) is 2. The molecule has 0 spiro atoms. The van der Waals surface area contributed by atoms with Gasteiger partial charge in [0.25, 0.3) is 0 Å². The Balaban J connectivity index is 2.16. The van der Waals surface area contributed by atoms with Gasteiger partial charge in [0.05, 0.1) is 18.1 Å². The number of carboxylic acid groups (broad SMARTS) is 1. The van der Waals surface area contributed by atoms with E-state index in [2.05, 4.69) is 5.32 Å². The minimum atomic E-state index is -0.972. The zero-order valence-electron chi connectivity index (χ0n) is 9.21. The van der Waals surface area contributed by atoms with Crippen LogP contribution in [-0.2, 0) is 14.3 Å². The first kappa shape index (κ1) is 11.1. The summed E-state index contributed by atoms with van der Waals surface area (Å²) in [5.41, 5.74) is 0. The Hall–Kier alpha value is -1.36. The zero-order chi connectivity index (χ0) is 11.9. The number of carbonyl (C=O) groups is 2. The van der Waals surface area contributed by atoms with Crippen molar-refractivity contribution >= 4 is 11.9 Å². The lowest BCUT2D eigenvalue weighted by atomic mass is 9.82. The van der Waals surface area contributed by atoms with Gasteiger partial charge in [-0.25, -0.2) is 0 Å². The van der Waals surface area contributed by atoms with Crippen molar-refractivity contribution in [2.75, 3.05) is 0 Å². The number of carboxylic acids is 1. The average molecular weight is 225 g/mol. The van der Waals surface area contributed by atoms with Crippen molar-refractivity contribution in [2.45, 2.75) is 32.1 Å². The highest BCUT2D eigenvalue weighted by atomic mass is 16.5. The minimum Gasteiger partial charge on any atom is -0.481 e. The Morgan fingerprint density at radius 3 is 2.31 bits per heavy atom. The van der Waals surface area contributed by atoms with Crippen LogP contribution in [0.5, 0.6) is 0 Å². The van der Waals surface area contributed by atoms with Gasteiger partial charge in [-0.15, -0.1) is 0 Å². The molecule has 2 aliphatic rings.